The third-order valence-corrected chi connectivity index (χ3v) is 13.5. The Balaban J connectivity index is 0.972. The van der Waals surface area contributed by atoms with Crippen molar-refractivity contribution in [3.8, 4) is 17.1 Å². The van der Waals surface area contributed by atoms with Crippen molar-refractivity contribution in [1.82, 2.24) is 38.9 Å². The number of carbonyl (C=O) groups is 2. The number of ether oxygens (including phenoxy) is 2. The molecule has 5 aromatic rings. The third kappa shape index (κ3) is 6.62. The van der Waals surface area contributed by atoms with Gasteiger partial charge in [0, 0.05) is 55.8 Å². The number of benzene rings is 2. The molecule has 0 aliphatic carbocycles. The van der Waals surface area contributed by atoms with Crippen LogP contribution in [0.5, 0.6) is 5.75 Å². The van der Waals surface area contributed by atoms with Gasteiger partial charge in [-0.1, -0.05) is 11.6 Å². The molecule has 10 rings (SSSR count). The molecule has 5 aliphatic rings. The van der Waals surface area contributed by atoms with E-state index in [2.05, 4.69) is 37.1 Å². The normalized spacial score (nSPS) is 23.7. The first kappa shape index (κ1) is 41.3. The topological polar surface area (TPSA) is 173 Å². The number of aryl methyl sites for hydroxylation is 1. The molecule has 21 heteroatoms. The average Bonchev–Trinajstić information content (AvgIpc) is 3.78. The minimum Gasteiger partial charge on any atom is -0.504 e. The number of piperidine rings is 1. The highest BCUT2D eigenvalue weighted by atomic mass is 35.5. The number of hydrogen-bond donors (Lipinski definition) is 2. The molecule has 4 fully saturated rings. The van der Waals surface area contributed by atoms with Crippen molar-refractivity contribution in [1.29, 1.82) is 0 Å². The van der Waals surface area contributed by atoms with Crippen LogP contribution in [0.4, 0.5) is 28.9 Å². The Morgan fingerprint density at radius 3 is 2.44 bits per heavy atom. The fourth-order valence-electron chi connectivity index (χ4n) is 9.68. The van der Waals surface area contributed by atoms with Crippen LogP contribution >= 0.6 is 11.6 Å². The van der Waals surface area contributed by atoms with Crippen molar-refractivity contribution in [2.45, 2.75) is 63.3 Å². The van der Waals surface area contributed by atoms with Crippen molar-refractivity contribution < 1.29 is 41.7 Å². The smallest absolute Gasteiger partial charge is 0.416 e. The van der Waals surface area contributed by atoms with Crippen LogP contribution < -0.4 is 15.8 Å². The molecule has 0 unspecified atom stereocenters. The summed E-state index contributed by atoms with van der Waals surface area (Å²) in [5.74, 6) is -1.84. The molecule has 330 valence electrons. The van der Waals surface area contributed by atoms with Gasteiger partial charge in [-0.3, -0.25) is 19.3 Å². The number of aromatic hydroxyl groups is 1. The summed E-state index contributed by atoms with van der Waals surface area (Å²) < 4.78 is 71.2. The van der Waals surface area contributed by atoms with Gasteiger partial charge in [0.2, 0.25) is 11.7 Å². The van der Waals surface area contributed by atoms with Gasteiger partial charge in [0.25, 0.3) is 11.5 Å². The van der Waals surface area contributed by atoms with Crippen LogP contribution in [0.3, 0.4) is 0 Å². The molecule has 2 amide bonds. The molecule has 8 heterocycles. The number of halogens is 5. The molecule has 16 nitrogen and oxygen atoms in total. The van der Waals surface area contributed by atoms with Crippen LogP contribution in [0.2, 0.25) is 5.02 Å². The van der Waals surface area contributed by atoms with Crippen molar-refractivity contribution in [3.05, 3.63) is 92.4 Å². The SMILES string of the molecule is Cc1ncnc(C(=O)N2CC[C@]3(O[C@H](C)c4c3c(=O)n3nc(-c5ccc(N6CC7(C6)CN(C6(C)COC6)C7)cc5)nc3n4CC(=O)Nc3ccc(C(F)(F)F)cc3Cl)[C@@H](F)C2)c1O. The zero-order valence-corrected chi connectivity index (χ0v) is 35.0. The Labute approximate surface area is 361 Å². The van der Waals surface area contributed by atoms with Crippen LogP contribution in [0.15, 0.2) is 53.6 Å². The van der Waals surface area contributed by atoms with Crippen LogP contribution in [0, 0.1) is 12.3 Å². The lowest BCUT2D eigenvalue weighted by atomic mass is 9.70. The second kappa shape index (κ2) is 14.4. The summed E-state index contributed by atoms with van der Waals surface area (Å²) in [6.07, 6.45) is -6.70. The number of fused-ring (bicyclic) bond motifs is 3. The summed E-state index contributed by atoms with van der Waals surface area (Å²) in [5, 5.41) is 17.3. The van der Waals surface area contributed by atoms with E-state index in [1.54, 1.807) is 6.92 Å². The maximum atomic E-state index is 16.9. The molecule has 2 aromatic carbocycles. The number of likely N-dealkylation sites (tertiary alicyclic amines) is 2. The van der Waals surface area contributed by atoms with E-state index < -0.39 is 65.8 Å². The summed E-state index contributed by atoms with van der Waals surface area (Å²) in [6.45, 7) is 9.55. The third-order valence-electron chi connectivity index (χ3n) is 13.2. The highest BCUT2D eigenvalue weighted by molar-refractivity contribution is 6.33. The van der Waals surface area contributed by atoms with Crippen LogP contribution in [0.25, 0.3) is 17.2 Å². The second-order valence-corrected chi connectivity index (χ2v) is 18.0. The van der Waals surface area contributed by atoms with Gasteiger partial charge in [-0.2, -0.15) is 22.7 Å². The maximum Gasteiger partial charge on any atom is 0.416 e. The fraction of sp³-hybridized carbons (Fsp3) is 0.452. The summed E-state index contributed by atoms with van der Waals surface area (Å²) in [4.78, 5) is 60.4. The number of anilines is 2. The first-order valence-electron chi connectivity index (χ1n) is 20.4. The van der Waals surface area contributed by atoms with Gasteiger partial charge in [-0.25, -0.2) is 14.4 Å². The Bertz CT molecular complexity index is 2770. The highest BCUT2D eigenvalue weighted by Crippen LogP contribution is 2.50. The lowest BCUT2D eigenvalue weighted by molar-refractivity contribution is -0.190. The molecular weight excluding hydrogens is 852 g/mol. The minimum absolute atomic E-state index is 0.0681. The second-order valence-electron chi connectivity index (χ2n) is 17.6. The van der Waals surface area contributed by atoms with Crippen molar-refractivity contribution in [2.75, 3.05) is 62.7 Å². The van der Waals surface area contributed by atoms with Crippen LogP contribution in [-0.2, 0) is 32.6 Å². The molecular formula is C42H41ClF4N10O6. The Kier molecular flexibility index (Phi) is 9.45. The summed E-state index contributed by atoms with van der Waals surface area (Å²) in [5.41, 5.74) is -1.88. The van der Waals surface area contributed by atoms with Crippen LogP contribution in [0.1, 0.15) is 59.4 Å². The summed E-state index contributed by atoms with van der Waals surface area (Å²) in [6, 6.07) is 10.1. The average molecular weight is 893 g/mol. The van der Waals surface area contributed by atoms with Gasteiger partial charge in [0.15, 0.2) is 23.4 Å². The number of rotatable bonds is 7. The quantitative estimate of drug-likeness (QED) is 0.215. The van der Waals surface area contributed by atoms with E-state index in [1.807, 2.05) is 24.3 Å². The number of aromatic nitrogens is 6. The summed E-state index contributed by atoms with van der Waals surface area (Å²) in [7, 11) is 0. The number of nitrogens with zero attached hydrogens (tertiary/aromatic N) is 9. The molecule has 3 aromatic heterocycles. The predicted molar refractivity (Wildman–Crippen MR) is 218 cm³/mol. The minimum atomic E-state index is -4.67. The molecule has 0 radical (unpaired) electrons. The fourth-order valence-corrected chi connectivity index (χ4v) is 9.91. The first-order valence-corrected chi connectivity index (χ1v) is 20.8. The number of carbonyl (C=O) groups excluding carboxylic acids is 2. The van der Waals surface area contributed by atoms with Crippen molar-refractivity contribution >= 4 is 40.6 Å². The predicted octanol–water partition coefficient (Wildman–Crippen LogP) is 4.75. The highest BCUT2D eigenvalue weighted by Gasteiger charge is 2.58. The molecule has 3 atom stereocenters. The Hall–Kier alpha value is -5.70. The molecule has 2 spiro atoms. The van der Waals surface area contributed by atoms with Gasteiger partial charge in [0.05, 0.1) is 64.6 Å². The number of hydrogen-bond acceptors (Lipinski definition) is 12. The summed E-state index contributed by atoms with van der Waals surface area (Å²) >= 11 is 6.18. The number of amides is 2. The van der Waals surface area contributed by atoms with E-state index >= 15 is 4.39 Å². The Morgan fingerprint density at radius 2 is 1.79 bits per heavy atom. The number of alkyl halides is 4. The molecule has 2 N–H and O–H groups in total. The lowest BCUT2D eigenvalue weighted by Gasteiger charge is -2.66. The Morgan fingerprint density at radius 1 is 1.06 bits per heavy atom. The molecule has 0 saturated carbocycles. The van der Waals surface area contributed by atoms with Gasteiger partial charge in [-0.05, 0) is 63.2 Å². The lowest BCUT2D eigenvalue weighted by Crippen LogP contribution is -2.78. The van der Waals surface area contributed by atoms with Gasteiger partial charge < -0.3 is 34.3 Å². The monoisotopic (exact) mass is 892 g/mol. The molecule has 5 aliphatic heterocycles. The van der Waals surface area contributed by atoms with E-state index in [1.165, 1.54) is 16.4 Å². The van der Waals surface area contributed by atoms with Gasteiger partial charge >= 0.3 is 6.18 Å². The van der Waals surface area contributed by atoms with Crippen molar-refractivity contribution in [3.63, 3.8) is 0 Å². The molecule has 4 saturated heterocycles. The molecule has 0 bridgehead atoms. The van der Waals surface area contributed by atoms with Crippen molar-refractivity contribution in [2.24, 2.45) is 5.41 Å². The zero-order valence-electron chi connectivity index (χ0n) is 34.2. The van der Waals surface area contributed by atoms with E-state index in [-0.39, 0.29) is 68.9 Å². The van der Waals surface area contributed by atoms with E-state index in [0.717, 1.165) is 68.1 Å². The maximum absolute atomic E-state index is 16.9. The van der Waals surface area contributed by atoms with Crippen LogP contribution in [-0.4, -0.2) is 120 Å². The largest absolute Gasteiger partial charge is 0.504 e. The van der Waals surface area contributed by atoms with E-state index in [0.29, 0.717) is 11.6 Å². The first-order chi connectivity index (χ1) is 29.9. The van der Waals surface area contributed by atoms with E-state index in [9.17, 15) is 32.7 Å². The molecule has 63 heavy (non-hydrogen) atoms. The standard InChI is InChI=1S/C42H41ClF4N10O6/c1-22-34(59)32(49-21-48-22)37(61)53-11-10-41(29(44)13-53)31-33(23(2)63-41)56(14-30(58)50-28-9-6-25(12-27(28)43)42(45,46)47)38-51-35(52-57(38)36(31)60)24-4-7-26(8-5-24)54-15-40(16-54)17-55(18-40)39(3)19-62-20-39/h4-9,12,21,23,29,59H,10-11,13-20H2,1-3H3,(H,50,58)/t23-,29+,41+/m1/s1. The zero-order chi connectivity index (χ0) is 44.4. The van der Waals surface area contributed by atoms with Gasteiger partial charge in [-0.15, -0.1) is 5.10 Å². The van der Waals surface area contributed by atoms with E-state index in [4.69, 9.17) is 26.1 Å². The number of nitrogens with one attached hydrogen (secondary N) is 1. The van der Waals surface area contributed by atoms with Gasteiger partial charge in [0.1, 0.15) is 18.5 Å².